The highest BCUT2D eigenvalue weighted by atomic mass is 19.1. The first-order chi connectivity index (χ1) is 18.0. The van der Waals surface area contributed by atoms with Gasteiger partial charge in [-0.25, -0.2) is 14.2 Å². The second-order valence-electron chi connectivity index (χ2n) is 10.6. The Bertz CT molecular complexity index is 1640. The van der Waals surface area contributed by atoms with Crippen molar-refractivity contribution in [3.63, 3.8) is 0 Å². The molecule has 1 aromatic carbocycles. The van der Waals surface area contributed by atoms with Gasteiger partial charge in [0.25, 0.3) is 5.56 Å². The molecule has 0 bridgehead atoms. The van der Waals surface area contributed by atoms with Crippen LogP contribution in [0.15, 0.2) is 16.9 Å². The number of primary amides is 1. The maximum absolute atomic E-state index is 15.0. The lowest BCUT2D eigenvalue weighted by Crippen LogP contribution is -2.44. The fraction of sp³-hybridized carbons (Fsp3) is 0.429. The van der Waals surface area contributed by atoms with Gasteiger partial charge < -0.3 is 25.3 Å². The predicted molar refractivity (Wildman–Crippen MR) is 135 cm³/mol. The number of nitrogens with two attached hydrogens (primary N) is 1. The normalized spacial score (nSPS) is 22.9. The topological polar surface area (TPSA) is 145 Å². The van der Waals surface area contributed by atoms with E-state index >= 15 is 0 Å². The van der Waals surface area contributed by atoms with Crippen LogP contribution >= 0.6 is 0 Å². The number of fused-ring (bicyclic) bond motifs is 5. The summed E-state index contributed by atoms with van der Waals surface area (Å²) in [6.45, 7) is 4.73. The van der Waals surface area contributed by atoms with Gasteiger partial charge >= 0.3 is 5.97 Å². The summed E-state index contributed by atoms with van der Waals surface area (Å²) < 4.78 is 21.7. The minimum absolute atomic E-state index is 0.00951. The van der Waals surface area contributed by atoms with E-state index in [9.17, 15) is 29.0 Å². The second-order valence-corrected chi connectivity index (χ2v) is 10.6. The van der Waals surface area contributed by atoms with E-state index < -0.39 is 46.8 Å². The van der Waals surface area contributed by atoms with Crippen molar-refractivity contribution in [2.24, 2.45) is 11.7 Å². The fourth-order valence-corrected chi connectivity index (χ4v) is 6.72. The molecule has 2 unspecified atom stereocenters. The molecular weight excluding hydrogens is 493 g/mol. The number of halogens is 1. The zero-order valence-electron chi connectivity index (χ0n) is 21.3. The molecular formula is C28H28FN3O6. The van der Waals surface area contributed by atoms with E-state index in [1.54, 1.807) is 19.9 Å². The van der Waals surface area contributed by atoms with Crippen molar-refractivity contribution in [2.75, 3.05) is 0 Å². The molecule has 4 heterocycles. The third kappa shape index (κ3) is 3.10. The van der Waals surface area contributed by atoms with Gasteiger partial charge in [0.15, 0.2) is 5.60 Å². The predicted octanol–water partition coefficient (Wildman–Crippen LogP) is 2.04. The number of pyridine rings is 2. The van der Waals surface area contributed by atoms with Crippen LogP contribution in [0.3, 0.4) is 0 Å². The number of esters is 1. The highest BCUT2D eigenvalue weighted by Gasteiger charge is 2.46. The maximum Gasteiger partial charge on any atom is 0.343 e. The van der Waals surface area contributed by atoms with Crippen LogP contribution in [0.5, 0.6) is 0 Å². The molecule has 6 rings (SSSR count). The van der Waals surface area contributed by atoms with Gasteiger partial charge in [-0.1, -0.05) is 6.92 Å². The van der Waals surface area contributed by atoms with Gasteiger partial charge in [0.2, 0.25) is 5.91 Å². The molecule has 198 valence electrons. The number of aromatic nitrogens is 2. The van der Waals surface area contributed by atoms with Gasteiger partial charge in [-0.3, -0.25) is 9.59 Å². The Labute approximate surface area is 217 Å². The highest BCUT2D eigenvalue weighted by Crippen LogP contribution is 2.49. The Morgan fingerprint density at radius 1 is 1.32 bits per heavy atom. The number of carbonyl (C=O) groups excluding carboxylic acids is 2. The molecule has 3 aromatic rings. The number of hydrogen-bond donors (Lipinski definition) is 3. The number of benzene rings is 1. The van der Waals surface area contributed by atoms with Crippen LogP contribution in [-0.2, 0) is 39.5 Å². The van der Waals surface area contributed by atoms with Gasteiger partial charge in [0.05, 0.1) is 41.0 Å². The Morgan fingerprint density at radius 3 is 2.71 bits per heavy atom. The number of cyclic esters (lactones) is 1. The first kappa shape index (κ1) is 24.7. The minimum Gasteiger partial charge on any atom is -0.458 e. The number of aryl methyl sites for hydroxylation is 1. The summed E-state index contributed by atoms with van der Waals surface area (Å²) in [5.41, 5.74) is 7.64. The fourth-order valence-electron chi connectivity index (χ4n) is 6.72. The van der Waals surface area contributed by atoms with E-state index in [0.29, 0.717) is 40.9 Å². The molecule has 2 aromatic heterocycles. The largest absolute Gasteiger partial charge is 0.458 e. The molecule has 9 nitrogen and oxygen atoms in total. The average molecular weight is 522 g/mol. The summed E-state index contributed by atoms with van der Waals surface area (Å²) in [4.78, 5) is 43.5. The molecule has 1 amide bonds. The average Bonchev–Trinajstić information content (AvgIpc) is 3.24. The quantitative estimate of drug-likeness (QED) is 0.349. The summed E-state index contributed by atoms with van der Waals surface area (Å²) in [5.74, 6) is -3.23. The second kappa shape index (κ2) is 8.18. The molecule has 1 aliphatic carbocycles. The molecule has 4 N–H and O–H groups in total. The Kier molecular flexibility index (Phi) is 5.32. The SMILES string of the molecule is CC[C@@]1(O)C(=O)OCc2c1cc1n(c2=O)Cc2c-1nc1cc(F)c(C)c3c1c2[C@H](C(C(N)=O)C(C)O)CC3. The van der Waals surface area contributed by atoms with Crippen molar-refractivity contribution in [2.45, 2.75) is 70.8 Å². The standard InChI is InChI=1S/C28H28FN3O6/c1-4-28(37)17-7-20-24-15(9-32(20)26(35)16(17)10-38-27(28)36)22-14(21(12(3)33)25(30)34)6-5-13-11(2)18(29)8-19(31-24)23(13)22/h7-8,12,14,21,33,37H,4-6,9-10H2,1-3H3,(H2,30,34)/t12?,14-,21?,28-/m0/s1. The summed E-state index contributed by atoms with van der Waals surface area (Å²) >= 11 is 0. The van der Waals surface area contributed by atoms with E-state index in [1.807, 2.05) is 0 Å². The minimum atomic E-state index is -1.97. The molecule has 38 heavy (non-hydrogen) atoms. The Morgan fingerprint density at radius 2 is 2.05 bits per heavy atom. The molecule has 0 saturated heterocycles. The summed E-state index contributed by atoms with van der Waals surface area (Å²) in [5, 5.41) is 22.4. The van der Waals surface area contributed by atoms with Gasteiger partial charge in [-0.15, -0.1) is 0 Å². The molecule has 2 aliphatic heterocycles. The lowest BCUT2D eigenvalue weighted by molar-refractivity contribution is -0.172. The van der Waals surface area contributed by atoms with Crippen LogP contribution in [0.2, 0.25) is 0 Å². The number of nitrogens with zero attached hydrogens (tertiary/aromatic N) is 2. The summed E-state index contributed by atoms with van der Waals surface area (Å²) in [6, 6.07) is 2.95. The van der Waals surface area contributed by atoms with Gasteiger partial charge in [-0.2, -0.15) is 0 Å². The number of hydrogen-bond acceptors (Lipinski definition) is 7. The number of rotatable bonds is 4. The van der Waals surface area contributed by atoms with Crippen molar-refractivity contribution in [1.82, 2.24) is 9.55 Å². The smallest absolute Gasteiger partial charge is 0.343 e. The third-order valence-electron chi connectivity index (χ3n) is 8.70. The lowest BCUT2D eigenvalue weighted by atomic mass is 9.71. The van der Waals surface area contributed by atoms with Crippen LogP contribution in [0.4, 0.5) is 4.39 Å². The van der Waals surface area contributed by atoms with E-state index in [1.165, 1.54) is 17.6 Å². The number of amides is 1. The van der Waals surface area contributed by atoms with E-state index in [2.05, 4.69) is 0 Å². The zero-order valence-corrected chi connectivity index (χ0v) is 21.3. The molecule has 3 aliphatic rings. The summed E-state index contributed by atoms with van der Waals surface area (Å²) in [6.07, 6.45) is -0.0730. The van der Waals surface area contributed by atoms with Crippen molar-refractivity contribution in [3.8, 4) is 11.4 Å². The summed E-state index contributed by atoms with van der Waals surface area (Å²) in [7, 11) is 0. The maximum atomic E-state index is 15.0. The van der Waals surface area contributed by atoms with Crippen LogP contribution in [0, 0.1) is 18.7 Å². The number of ether oxygens (including phenoxy) is 1. The molecule has 0 saturated carbocycles. The molecule has 4 atom stereocenters. The third-order valence-corrected chi connectivity index (χ3v) is 8.70. The van der Waals surface area contributed by atoms with E-state index in [-0.39, 0.29) is 30.7 Å². The van der Waals surface area contributed by atoms with E-state index in [0.717, 1.165) is 16.5 Å². The van der Waals surface area contributed by atoms with Gasteiger partial charge in [0, 0.05) is 22.6 Å². The monoisotopic (exact) mass is 521 g/mol. The van der Waals surface area contributed by atoms with Crippen LogP contribution in [-0.4, -0.2) is 37.7 Å². The van der Waals surface area contributed by atoms with Gasteiger partial charge in [-0.05, 0) is 61.8 Å². The van der Waals surface area contributed by atoms with E-state index in [4.69, 9.17) is 15.5 Å². The van der Waals surface area contributed by atoms with Crippen molar-refractivity contribution in [1.29, 1.82) is 0 Å². The molecule has 0 spiro atoms. The van der Waals surface area contributed by atoms with Crippen molar-refractivity contribution in [3.05, 3.63) is 61.7 Å². The number of aliphatic hydroxyl groups is 2. The molecule has 0 radical (unpaired) electrons. The number of carbonyl (C=O) groups is 2. The highest BCUT2D eigenvalue weighted by molar-refractivity contribution is 5.94. The lowest BCUT2D eigenvalue weighted by Gasteiger charge is -2.34. The van der Waals surface area contributed by atoms with Crippen LogP contribution in [0.1, 0.15) is 66.0 Å². The first-order valence-corrected chi connectivity index (χ1v) is 12.8. The van der Waals surface area contributed by atoms with Crippen LogP contribution < -0.4 is 11.3 Å². The van der Waals surface area contributed by atoms with Crippen LogP contribution in [0.25, 0.3) is 22.3 Å². The Balaban J connectivity index is 1.69. The first-order valence-electron chi connectivity index (χ1n) is 12.8. The molecule has 0 fully saturated rings. The Hall–Kier alpha value is -3.63. The molecule has 10 heteroatoms. The number of aliphatic hydroxyl groups excluding tert-OH is 1. The van der Waals surface area contributed by atoms with Crippen molar-refractivity contribution < 1.29 is 28.9 Å². The zero-order chi connectivity index (χ0) is 27.3. The van der Waals surface area contributed by atoms with Crippen molar-refractivity contribution >= 4 is 22.8 Å². The van der Waals surface area contributed by atoms with Gasteiger partial charge in [0.1, 0.15) is 12.4 Å².